The molecular formula is C14H18ClN3. The summed E-state index contributed by atoms with van der Waals surface area (Å²) in [4.78, 5) is 5.73. The third kappa shape index (κ3) is 2.53. The van der Waals surface area contributed by atoms with Gasteiger partial charge < -0.3 is 15.2 Å². The molecule has 1 aliphatic heterocycles. The van der Waals surface area contributed by atoms with E-state index in [2.05, 4.69) is 27.3 Å². The van der Waals surface area contributed by atoms with Crippen molar-refractivity contribution in [1.29, 1.82) is 0 Å². The second kappa shape index (κ2) is 5.31. The number of H-pyrrole nitrogens is 1. The van der Waals surface area contributed by atoms with Crippen molar-refractivity contribution < 1.29 is 0 Å². The first kappa shape index (κ1) is 12.0. The highest BCUT2D eigenvalue weighted by atomic mass is 35.5. The summed E-state index contributed by atoms with van der Waals surface area (Å²) in [5, 5.41) is 5.34. The third-order valence-electron chi connectivity index (χ3n) is 3.60. The number of piperazine rings is 1. The molecule has 0 unspecified atom stereocenters. The Morgan fingerprint density at radius 1 is 1.22 bits per heavy atom. The molecule has 2 aromatic rings. The smallest absolute Gasteiger partial charge is 0.0502 e. The van der Waals surface area contributed by atoms with E-state index in [-0.39, 0.29) is 0 Å². The summed E-state index contributed by atoms with van der Waals surface area (Å²) >= 11 is 6.28. The van der Waals surface area contributed by atoms with Gasteiger partial charge in [0.25, 0.3) is 0 Å². The van der Waals surface area contributed by atoms with Gasteiger partial charge in [-0.05, 0) is 30.2 Å². The van der Waals surface area contributed by atoms with E-state index in [0.717, 1.165) is 55.1 Å². The van der Waals surface area contributed by atoms with Crippen LogP contribution in [0.2, 0.25) is 5.02 Å². The van der Waals surface area contributed by atoms with Gasteiger partial charge in [0.15, 0.2) is 0 Å². The molecular weight excluding hydrogens is 246 g/mol. The summed E-state index contributed by atoms with van der Waals surface area (Å²) in [6, 6.07) is 6.33. The lowest BCUT2D eigenvalue weighted by molar-refractivity contribution is 0.244. The van der Waals surface area contributed by atoms with Crippen LogP contribution >= 0.6 is 11.6 Å². The Balaban J connectivity index is 1.70. The van der Waals surface area contributed by atoms with Crippen LogP contribution in [-0.4, -0.2) is 42.6 Å². The number of rotatable bonds is 3. The minimum absolute atomic E-state index is 0.851. The monoisotopic (exact) mass is 263 g/mol. The summed E-state index contributed by atoms with van der Waals surface area (Å²) < 4.78 is 0. The Bertz CT molecular complexity index is 529. The maximum Gasteiger partial charge on any atom is 0.0502 e. The van der Waals surface area contributed by atoms with Crippen LogP contribution in [0.25, 0.3) is 10.9 Å². The van der Waals surface area contributed by atoms with E-state index in [0.29, 0.717) is 0 Å². The predicted octanol–water partition coefficient (Wildman–Crippen LogP) is 2.27. The zero-order valence-electron chi connectivity index (χ0n) is 10.4. The molecule has 1 aromatic carbocycles. The molecule has 2 heterocycles. The molecule has 0 spiro atoms. The normalized spacial score (nSPS) is 17.4. The van der Waals surface area contributed by atoms with Gasteiger partial charge in [-0.1, -0.05) is 11.6 Å². The van der Waals surface area contributed by atoms with E-state index < -0.39 is 0 Å². The molecule has 3 nitrogen and oxygen atoms in total. The number of aromatic amines is 1. The van der Waals surface area contributed by atoms with E-state index in [1.54, 1.807) is 0 Å². The summed E-state index contributed by atoms with van der Waals surface area (Å²) in [7, 11) is 0. The minimum Gasteiger partial charge on any atom is -0.361 e. The number of nitrogens with one attached hydrogen (secondary N) is 2. The lowest BCUT2D eigenvalue weighted by atomic mass is 10.1. The van der Waals surface area contributed by atoms with Crippen molar-refractivity contribution in [3.63, 3.8) is 0 Å². The zero-order chi connectivity index (χ0) is 12.4. The number of halogens is 1. The number of benzene rings is 1. The van der Waals surface area contributed by atoms with Gasteiger partial charge in [-0.15, -0.1) is 0 Å². The molecule has 3 rings (SSSR count). The van der Waals surface area contributed by atoms with Gasteiger partial charge in [-0.3, -0.25) is 0 Å². The number of aromatic nitrogens is 1. The Kier molecular flexibility index (Phi) is 3.55. The average Bonchev–Trinajstić information content (AvgIpc) is 2.86. The molecule has 1 saturated heterocycles. The van der Waals surface area contributed by atoms with Gasteiger partial charge in [0, 0.05) is 49.8 Å². The van der Waals surface area contributed by atoms with Gasteiger partial charge in [-0.2, -0.15) is 0 Å². The summed E-state index contributed by atoms with van der Waals surface area (Å²) in [5.41, 5.74) is 2.45. The number of hydrogen-bond acceptors (Lipinski definition) is 2. The standard InChI is InChI=1S/C14H18ClN3/c15-13-9-11(10-14-12(13)1-3-17-14)2-6-18-7-4-16-5-8-18/h1,3,9-10,16-17H,2,4-8H2. The highest BCUT2D eigenvalue weighted by Gasteiger charge is 2.10. The predicted molar refractivity (Wildman–Crippen MR) is 76.3 cm³/mol. The maximum atomic E-state index is 6.28. The highest BCUT2D eigenvalue weighted by molar-refractivity contribution is 6.35. The van der Waals surface area contributed by atoms with Crippen molar-refractivity contribution in [1.82, 2.24) is 15.2 Å². The molecule has 0 aliphatic carbocycles. The van der Waals surface area contributed by atoms with Crippen molar-refractivity contribution in [2.24, 2.45) is 0 Å². The van der Waals surface area contributed by atoms with Gasteiger partial charge in [0.1, 0.15) is 0 Å². The van der Waals surface area contributed by atoms with Crippen LogP contribution in [0.1, 0.15) is 5.56 Å². The first-order valence-electron chi connectivity index (χ1n) is 6.51. The molecule has 96 valence electrons. The molecule has 1 fully saturated rings. The molecule has 1 aliphatic rings. The number of nitrogens with zero attached hydrogens (tertiary/aromatic N) is 1. The van der Waals surface area contributed by atoms with E-state index in [1.807, 2.05) is 12.3 Å². The molecule has 18 heavy (non-hydrogen) atoms. The lowest BCUT2D eigenvalue weighted by Gasteiger charge is -2.27. The van der Waals surface area contributed by atoms with Crippen LogP contribution in [-0.2, 0) is 6.42 Å². The topological polar surface area (TPSA) is 31.1 Å². The highest BCUT2D eigenvalue weighted by Crippen LogP contribution is 2.24. The third-order valence-corrected chi connectivity index (χ3v) is 3.92. The molecule has 1 aromatic heterocycles. The Labute approximate surface area is 112 Å². The fourth-order valence-electron chi connectivity index (χ4n) is 2.54. The van der Waals surface area contributed by atoms with Crippen molar-refractivity contribution in [2.45, 2.75) is 6.42 Å². The molecule has 0 saturated carbocycles. The summed E-state index contributed by atoms with van der Waals surface area (Å²) in [5.74, 6) is 0. The zero-order valence-corrected chi connectivity index (χ0v) is 11.1. The van der Waals surface area contributed by atoms with Crippen LogP contribution in [0, 0.1) is 0 Å². The van der Waals surface area contributed by atoms with E-state index in [9.17, 15) is 0 Å². The second-order valence-electron chi connectivity index (χ2n) is 4.86. The van der Waals surface area contributed by atoms with Crippen LogP contribution in [0.3, 0.4) is 0 Å². The minimum atomic E-state index is 0.851. The largest absolute Gasteiger partial charge is 0.361 e. The Morgan fingerprint density at radius 3 is 2.89 bits per heavy atom. The SMILES string of the molecule is Clc1cc(CCN2CCNCC2)cc2[nH]ccc12. The first-order valence-corrected chi connectivity index (χ1v) is 6.89. The van der Waals surface area contributed by atoms with Gasteiger partial charge in [-0.25, -0.2) is 0 Å². The fourth-order valence-corrected chi connectivity index (χ4v) is 2.85. The van der Waals surface area contributed by atoms with Crippen LogP contribution in [0.15, 0.2) is 24.4 Å². The molecule has 0 atom stereocenters. The molecule has 0 bridgehead atoms. The average molecular weight is 264 g/mol. The van der Waals surface area contributed by atoms with Gasteiger partial charge in [0.05, 0.1) is 5.02 Å². The van der Waals surface area contributed by atoms with Crippen LogP contribution in [0.5, 0.6) is 0 Å². The van der Waals surface area contributed by atoms with Crippen molar-refractivity contribution >= 4 is 22.5 Å². The van der Waals surface area contributed by atoms with Gasteiger partial charge >= 0.3 is 0 Å². The van der Waals surface area contributed by atoms with Crippen molar-refractivity contribution in [3.8, 4) is 0 Å². The van der Waals surface area contributed by atoms with E-state index >= 15 is 0 Å². The summed E-state index contributed by atoms with van der Waals surface area (Å²) in [6.45, 7) is 5.63. The lowest BCUT2D eigenvalue weighted by Crippen LogP contribution is -2.44. The molecule has 0 amide bonds. The molecule has 0 radical (unpaired) electrons. The number of fused-ring (bicyclic) bond motifs is 1. The number of hydrogen-bond donors (Lipinski definition) is 2. The second-order valence-corrected chi connectivity index (χ2v) is 5.27. The fraction of sp³-hybridized carbons (Fsp3) is 0.429. The van der Waals surface area contributed by atoms with Crippen molar-refractivity contribution in [3.05, 3.63) is 35.0 Å². The Morgan fingerprint density at radius 2 is 2.06 bits per heavy atom. The molecule has 4 heteroatoms. The van der Waals surface area contributed by atoms with Gasteiger partial charge in [0.2, 0.25) is 0 Å². The maximum absolute atomic E-state index is 6.28. The van der Waals surface area contributed by atoms with Crippen LogP contribution in [0.4, 0.5) is 0 Å². The van der Waals surface area contributed by atoms with E-state index in [1.165, 1.54) is 5.56 Å². The summed E-state index contributed by atoms with van der Waals surface area (Å²) in [6.07, 6.45) is 3.01. The first-order chi connectivity index (χ1) is 8.83. The van der Waals surface area contributed by atoms with E-state index in [4.69, 9.17) is 11.6 Å². The quantitative estimate of drug-likeness (QED) is 0.890. The molecule has 2 N–H and O–H groups in total. The van der Waals surface area contributed by atoms with Crippen molar-refractivity contribution in [2.75, 3.05) is 32.7 Å². The van der Waals surface area contributed by atoms with Crippen LogP contribution < -0.4 is 5.32 Å². The Hall–Kier alpha value is -1.03.